The number of ether oxygens (including phenoxy) is 2. The summed E-state index contributed by atoms with van der Waals surface area (Å²) >= 11 is 3.49. The summed E-state index contributed by atoms with van der Waals surface area (Å²) in [7, 11) is 0. The minimum absolute atomic E-state index is 0.0124. The number of nitrogens with one attached hydrogen (secondary N) is 2. The Labute approximate surface area is 153 Å². The molecule has 1 aliphatic rings. The number of benzene rings is 2. The average molecular weight is 401 g/mol. The number of carbonyl (C=O) groups is 1. The first-order chi connectivity index (χ1) is 12.1. The second-order valence-corrected chi connectivity index (χ2v) is 6.98. The van der Waals surface area contributed by atoms with Crippen molar-refractivity contribution in [2.45, 2.75) is 19.9 Å². The lowest BCUT2D eigenvalue weighted by molar-refractivity contribution is -0.120. The van der Waals surface area contributed by atoms with Gasteiger partial charge in [-0.05, 0) is 48.4 Å². The van der Waals surface area contributed by atoms with Crippen LogP contribution in [-0.4, -0.2) is 17.7 Å². The van der Waals surface area contributed by atoms with Crippen LogP contribution in [-0.2, 0) is 17.8 Å². The Hall–Kier alpha value is -2.47. The van der Waals surface area contributed by atoms with Crippen LogP contribution in [0, 0.1) is 6.92 Å². The first kappa shape index (κ1) is 16.0. The van der Waals surface area contributed by atoms with E-state index in [4.69, 9.17) is 9.47 Å². The molecule has 1 aliphatic heterocycles. The minimum atomic E-state index is -0.0124. The van der Waals surface area contributed by atoms with Gasteiger partial charge in [-0.2, -0.15) is 0 Å². The highest BCUT2D eigenvalue weighted by Gasteiger charge is 2.15. The summed E-state index contributed by atoms with van der Waals surface area (Å²) in [6.07, 6.45) is 0.340. The number of rotatable bonds is 4. The first-order valence-corrected chi connectivity index (χ1v) is 8.81. The van der Waals surface area contributed by atoms with Crippen molar-refractivity contribution in [1.82, 2.24) is 10.3 Å². The van der Waals surface area contributed by atoms with Gasteiger partial charge < -0.3 is 19.8 Å². The maximum absolute atomic E-state index is 12.4. The molecule has 5 nitrogen and oxygen atoms in total. The van der Waals surface area contributed by atoms with E-state index in [9.17, 15) is 4.79 Å². The lowest BCUT2D eigenvalue weighted by Crippen LogP contribution is -2.24. The lowest BCUT2D eigenvalue weighted by Gasteiger charge is -2.07. The fourth-order valence-electron chi connectivity index (χ4n) is 3.06. The molecule has 2 heterocycles. The van der Waals surface area contributed by atoms with Crippen molar-refractivity contribution in [2.24, 2.45) is 0 Å². The quantitative estimate of drug-likeness (QED) is 0.699. The molecule has 0 aliphatic carbocycles. The van der Waals surface area contributed by atoms with Crippen molar-refractivity contribution in [1.29, 1.82) is 0 Å². The van der Waals surface area contributed by atoms with Crippen molar-refractivity contribution < 1.29 is 14.3 Å². The van der Waals surface area contributed by atoms with E-state index in [2.05, 4.69) is 26.2 Å². The van der Waals surface area contributed by atoms with Crippen LogP contribution in [0.2, 0.25) is 0 Å². The van der Waals surface area contributed by atoms with E-state index < -0.39 is 0 Å². The molecule has 2 aromatic carbocycles. The highest BCUT2D eigenvalue weighted by molar-refractivity contribution is 9.10. The molecular formula is C19H17BrN2O3. The Balaban J connectivity index is 1.46. The molecule has 0 atom stereocenters. The number of H-pyrrole nitrogens is 1. The molecule has 2 N–H and O–H groups in total. The van der Waals surface area contributed by atoms with Crippen LogP contribution in [0.5, 0.6) is 11.5 Å². The van der Waals surface area contributed by atoms with Gasteiger partial charge in [-0.15, -0.1) is 0 Å². The fourth-order valence-corrected chi connectivity index (χ4v) is 3.42. The average Bonchev–Trinajstić information content (AvgIpc) is 3.17. The van der Waals surface area contributed by atoms with Crippen molar-refractivity contribution in [3.63, 3.8) is 0 Å². The molecule has 128 valence electrons. The summed E-state index contributed by atoms with van der Waals surface area (Å²) in [5.41, 5.74) is 4.07. The molecule has 0 spiro atoms. The van der Waals surface area contributed by atoms with Crippen LogP contribution in [0.4, 0.5) is 0 Å². The zero-order valence-corrected chi connectivity index (χ0v) is 15.3. The second kappa shape index (κ2) is 6.44. The summed E-state index contributed by atoms with van der Waals surface area (Å²) in [5.74, 6) is 1.46. The maximum atomic E-state index is 12.4. The predicted octanol–water partition coefficient (Wildman–Crippen LogP) is 3.83. The molecule has 0 saturated carbocycles. The molecule has 3 aromatic rings. The van der Waals surface area contributed by atoms with Crippen LogP contribution >= 0.6 is 15.9 Å². The number of aromatic amines is 1. The summed E-state index contributed by atoms with van der Waals surface area (Å²) < 4.78 is 11.7. The Morgan fingerprint density at radius 3 is 2.92 bits per heavy atom. The number of amides is 1. The monoisotopic (exact) mass is 400 g/mol. The van der Waals surface area contributed by atoms with Crippen LogP contribution in [0.25, 0.3) is 10.9 Å². The maximum Gasteiger partial charge on any atom is 0.231 e. The van der Waals surface area contributed by atoms with Gasteiger partial charge in [-0.3, -0.25) is 4.79 Å². The summed E-state index contributed by atoms with van der Waals surface area (Å²) in [6.45, 7) is 2.70. The Morgan fingerprint density at radius 2 is 2.04 bits per heavy atom. The van der Waals surface area contributed by atoms with Gasteiger partial charge in [-0.1, -0.05) is 22.0 Å². The summed E-state index contributed by atoms with van der Waals surface area (Å²) in [5, 5.41) is 4.05. The Kier molecular flexibility index (Phi) is 4.13. The van der Waals surface area contributed by atoms with Crippen LogP contribution in [0.1, 0.15) is 16.8 Å². The van der Waals surface area contributed by atoms with Crippen molar-refractivity contribution in [3.8, 4) is 11.5 Å². The molecule has 0 fully saturated rings. The molecule has 0 radical (unpaired) electrons. The molecule has 4 rings (SSSR count). The fraction of sp³-hybridized carbons (Fsp3) is 0.211. The van der Waals surface area contributed by atoms with E-state index in [-0.39, 0.29) is 12.7 Å². The lowest BCUT2D eigenvalue weighted by atomic mass is 10.1. The molecule has 0 bridgehead atoms. The number of halogens is 1. The van der Waals surface area contributed by atoms with E-state index in [1.54, 1.807) is 0 Å². The van der Waals surface area contributed by atoms with Gasteiger partial charge in [-0.25, -0.2) is 0 Å². The molecule has 0 unspecified atom stereocenters. The number of aryl methyl sites for hydroxylation is 1. The summed E-state index contributed by atoms with van der Waals surface area (Å²) in [6, 6.07) is 11.7. The van der Waals surface area contributed by atoms with Gasteiger partial charge in [0.15, 0.2) is 11.5 Å². The Morgan fingerprint density at radius 1 is 1.20 bits per heavy atom. The van der Waals surface area contributed by atoms with E-state index in [0.29, 0.717) is 13.0 Å². The molecular weight excluding hydrogens is 384 g/mol. The van der Waals surface area contributed by atoms with Crippen LogP contribution in [0.3, 0.4) is 0 Å². The smallest absolute Gasteiger partial charge is 0.231 e. The van der Waals surface area contributed by atoms with Gasteiger partial charge in [0.1, 0.15) is 0 Å². The number of fused-ring (bicyclic) bond motifs is 2. The molecule has 25 heavy (non-hydrogen) atoms. The molecule has 1 aromatic heterocycles. The molecule has 6 heteroatoms. The van der Waals surface area contributed by atoms with Crippen molar-refractivity contribution in [2.75, 3.05) is 6.79 Å². The van der Waals surface area contributed by atoms with E-state index in [0.717, 1.165) is 43.7 Å². The van der Waals surface area contributed by atoms with Gasteiger partial charge in [0.25, 0.3) is 0 Å². The standard InChI is InChI=1S/C19H17BrN2O3/c1-11-14(15-7-13(20)3-4-16(15)22-11)8-19(23)21-9-12-2-5-17-18(6-12)25-10-24-17/h2-7,22H,8-10H2,1H3,(H,21,23). The Bertz CT molecular complexity index is 965. The van der Waals surface area contributed by atoms with Crippen LogP contribution in [0.15, 0.2) is 40.9 Å². The normalized spacial score (nSPS) is 12.6. The van der Waals surface area contributed by atoms with E-state index in [1.807, 2.05) is 43.3 Å². The van der Waals surface area contributed by atoms with Gasteiger partial charge in [0, 0.05) is 27.6 Å². The first-order valence-electron chi connectivity index (χ1n) is 8.02. The topological polar surface area (TPSA) is 63.4 Å². The third-order valence-corrected chi connectivity index (χ3v) is 4.84. The number of hydrogen-bond acceptors (Lipinski definition) is 3. The number of hydrogen-bond donors (Lipinski definition) is 2. The molecule has 0 saturated heterocycles. The third-order valence-electron chi connectivity index (χ3n) is 4.35. The largest absolute Gasteiger partial charge is 0.454 e. The zero-order valence-electron chi connectivity index (χ0n) is 13.7. The van der Waals surface area contributed by atoms with Crippen molar-refractivity contribution >= 4 is 32.7 Å². The second-order valence-electron chi connectivity index (χ2n) is 6.06. The van der Waals surface area contributed by atoms with Gasteiger partial charge in [0.2, 0.25) is 12.7 Å². The SMILES string of the molecule is Cc1[nH]c2ccc(Br)cc2c1CC(=O)NCc1ccc2c(c1)OCO2. The summed E-state index contributed by atoms with van der Waals surface area (Å²) in [4.78, 5) is 15.7. The minimum Gasteiger partial charge on any atom is -0.454 e. The third kappa shape index (κ3) is 3.22. The van der Waals surface area contributed by atoms with E-state index >= 15 is 0 Å². The molecule has 1 amide bonds. The van der Waals surface area contributed by atoms with Crippen molar-refractivity contribution in [3.05, 3.63) is 57.7 Å². The zero-order chi connectivity index (χ0) is 17.4. The predicted molar refractivity (Wildman–Crippen MR) is 98.9 cm³/mol. The van der Waals surface area contributed by atoms with Gasteiger partial charge >= 0.3 is 0 Å². The highest BCUT2D eigenvalue weighted by Crippen LogP contribution is 2.32. The van der Waals surface area contributed by atoms with Crippen LogP contribution < -0.4 is 14.8 Å². The highest BCUT2D eigenvalue weighted by atomic mass is 79.9. The number of carbonyl (C=O) groups excluding carboxylic acids is 1. The van der Waals surface area contributed by atoms with E-state index in [1.165, 1.54) is 0 Å². The van der Waals surface area contributed by atoms with Gasteiger partial charge in [0.05, 0.1) is 6.42 Å². The number of aromatic nitrogens is 1.